The van der Waals surface area contributed by atoms with E-state index in [4.69, 9.17) is 18.9 Å². The zero-order chi connectivity index (χ0) is 24.0. The van der Waals surface area contributed by atoms with Crippen LogP contribution >= 0.6 is 0 Å². The number of esters is 1. The molecule has 0 aliphatic carbocycles. The van der Waals surface area contributed by atoms with E-state index in [0.29, 0.717) is 19.0 Å². The number of sulfonamides is 1. The second-order valence-corrected chi connectivity index (χ2v) is 9.06. The van der Waals surface area contributed by atoms with Crippen molar-refractivity contribution in [3.63, 3.8) is 0 Å². The summed E-state index contributed by atoms with van der Waals surface area (Å²) in [5.41, 5.74) is 0.367. The summed E-state index contributed by atoms with van der Waals surface area (Å²) in [7, 11) is -0.887. The Labute approximate surface area is 192 Å². The minimum absolute atomic E-state index is 0.0490. The van der Waals surface area contributed by atoms with Crippen molar-refractivity contribution in [1.29, 1.82) is 0 Å². The van der Waals surface area contributed by atoms with E-state index >= 15 is 0 Å². The molecule has 0 saturated carbocycles. The number of hydrogen-bond donors (Lipinski definition) is 1. The zero-order valence-corrected chi connectivity index (χ0v) is 19.4. The molecular formula is C22H26N2O8S. The van der Waals surface area contributed by atoms with Crippen molar-refractivity contribution in [3.8, 4) is 11.5 Å². The summed E-state index contributed by atoms with van der Waals surface area (Å²) in [4.78, 5) is 25.2. The number of hydrogen-bond acceptors (Lipinski definition) is 8. The van der Waals surface area contributed by atoms with Crippen LogP contribution in [0.25, 0.3) is 0 Å². The molecule has 178 valence electrons. The van der Waals surface area contributed by atoms with Gasteiger partial charge in [0.2, 0.25) is 10.0 Å². The maximum Gasteiger partial charge on any atom is 0.342 e. The number of rotatable bonds is 8. The lowest BCUT2D eigenvalue weighted by molar-refractivity contribution is -0.123. The first-order chi connectivity index (χ1) is 15.8. The fourth-order valence-corrected chi connectivity index (χ4v) is 4.69. The molecule has 33 heavy (non-hydrogen) atoms. The van der Waals surface area contributed by atoms with Crippen LogP contribution in [0.3, 0.4) is 0 Å². The lowest BCUT2D eigenvalue weighted by Gasteiger charge is -2.26. The van der Waals surface area contributed by atoms with Crippen molar-refractivity contribution in [2.75, 3.05) is 45.8 Å². The Morgan fingerprint density at radius 3 is 2.42 bits per heavy atom. The largest absolute Gasteiger partial charge is 0.493 e. The van der Waals surface area contributed by atoms with Crippen LogP contribution in [-0.2, 0) is 24.3 Å². The number of ether oxygens (including phenoxy) is 4. The molecule has 11 heteroatoms. The molecule has 1 amide bonds. The summed E-state index contributed by atoms with van der Waals surface area (Å²) in [6.45, 7) is 2.60. The van der Waals surface area contributed by atoms with E-state index < -0.39 is 28.0 Å². The van der Waals surface area contributed by atoms with E-state index in [9.17, 15) is 18.0 Å². The van der Waals surface area contributed by atoms with E-state index in [-0.39, 0.29) is 35.0 Å². The maximum absolute atomic E-state index is 12.8. The number of amides is 1. The monoisotopic (exact) mass is 478 g/mol. The molecule has 1 heterocycles. The molecule has 3 rings (SSSR count). The number of nitrogens with zero attached hydrogens (tertiary/aromatic N) is 1. The number of benzene rings is 2. The first-order valence-electron chi connectivity index (χ1n) is 10.2. The highest BCUT2D eigenvalue weighted by Crippen LogP contribution is 2.31. The fraction of sp³-hybridized carbons (Fsp3) is 0.364. The lowest BCUT2D eigenvalue weighted by atomic mass is 10.2. The molecule has 10 nitrogen and oxygen atoms in total. The highest BCUT2D eigenvalue weighted by atomic mass is 32.2. The van der Waals surface area contributed by atoms with Gasteiger partial charge in [0.15, 0.2) is 17.6 Å². The molecular weight excluding hydrogens is 452 g/mol. The van der Waals surface area contributed by atoms with Gasteiger partial charge in [-0.05, 0) is 37.3 Å². The topological polar surface area (TPSA) is 120 Å². The number of anilines is 1. The average Bonchev–Trinajstić information content (AvgIpc) is 2.83. The van der Waals surface area contributed by atoms with Crippen LogP contribution in [0.15, 0.2) is 47.4 Å². The van der Waals surface area contributed by atoms with Crippen molar-refractivity contribution in [3.05, 3.63) is 48.0 Å². The summed E-state index contributed by atoms with van der Waals surface area (Å²) in [6, 6.07) is 10.6. The van der Waals surface area contributed by atoms with Gasteiger partial charge in [-0.15, -0.1) is 0 Å². The van der Waals surface area contributed by atoms with E-state index in [0.717, 1.165) is 0 Å². The molecule has 1 saturated heterocycles. The molecule has 1 atom stereocenters. The van der Waals surface area contributed by atoms with Crippen molar-refractivity contribution >= 4 is 27.6 Å². The van der Waals surface area contributed by atoms with Gasteiger partial charge in [0.25, 0.3) is 5.91 Å². The summed E-state index contributed by atoms with van der Waals surface area (Å²) in [5, 5.41) is 2.59. The number of morpholine rings is 1. The molecule has 0 aromatic heterocycles. The molecule has 1 unspecified atom stereocenters. The van der Waals surface area contributed by atoms with Gasteiger partial charge in [-0.25, -0.2) is 13.2 Å². The van der Waals surface area contributed by atoms with Crippen LogP contribution < -0.4 is 14.8 Å². The van der Waals surface area contributed by atoms with E-state index in [1.807, 2.05) is 0 Å². The third kappa shape index (κ3) is 5.62. The minimum Gasteiger partial charge on any atom is -0.493 e. The summed E-state index contributed by atoms with van der Waals surface area (Å²) >= 11 is 0. The highest BCUT2D eigenvalue weighted by molar-refractivity contribution is 7.89. The first kappa shape index (κ1) is 24.5. The van der Waals surface area contributed by atoms with E-state index in [1.165, 1.54) is 49.7 Å². The zero-order valence-electron chi connectivity index (χ0n) is 18.6. The highest BCUT2D eigenvalue weighted by Gasteiger charge is 2.27. The SMILES string of the molecule is COc1cccc(C(=O)OC(C)C(=O)Nc2cccc(S(=O)(=O)N3CCOCC3)c2)c1OC. The molecule has 2 aromatic carbocycles. The Morgan fingerprint density at radius 1 is 1.06 bits per heavy atom. The number of carbonyl (C=O) groups is 2. The third-order valence-corrected chi connectivity index (χ3v) is 6.88. The van der Waals surface area contributed by atoms with Crippen LogP contribution in [-0.4, -0.2) is 71.2 Å². The summed E-state index contributed by atoms with van der Waals surface area (Å²) < 4.78 is 47.9. The maximum atomic E-state index is 12.8. The van der Waals surface area contributed by atoms with Gasteiger partial charge in [0.05, 0.1) is 32.3 Å². The molecule has 0 radical (unpaired) electrons. The van der Waals surface area contributed by atoms with Crippen LogP contribution in [0, 0.1) is 0 Å². The Kier molecular flexibility index (Phi) is 7.90. The third-order valence-electron chi connectivity index (χ3n) is 4.99. The number of methoxy groups -OCH3 is 2. The van der Waals surface area contributed by atoms with E-state index in [1.54, 1.807) is 18.2 Å². The standard InChI is InChI=1S/C22H26N2O8S/c1-15(32-22(26)18-8-5-9-19(29-2)20(18)30-3)21(25)23-16-6-4-7-17(14-16)33(27,28)24-10-12-31-13-11-24/h4-9,14-15H,10-13H2,1-3H3,(H,23,25). The van der Waals surface area contributed by atoms with Crippen LogP contribution in [0.4, 0.5) is 5.69 Å². The Bertz CT molecular complexity index is 1110. The minimum atomic E-state index is -3.72. The van der Waals surface area contributed by atoms with Gasteiger partial charge in [-0.3, -0.25) is 4.79 Å². The van der Waals surface area contributed by atoms with E-state index in [2.05, 4.69) is 5.32 Å². The number of carbonyl (C=O) groups excluding carboxylic acids is 2. The van der Waals surface area contributed by atoms with Crippen LogP contribution in [0.5, 0.6) is 11.5 Å². The van der Waals surface area contributed by atoms with Gasteiger partial charge in [0, 0.05) is 18.8 Å². The first-order valence-corrected chi connectivity index (χ1v) is 11.6. The average molecular weight is 479 g/mol. The van der Waals surface area contributed by atoms with Gasteiger partial charge in [-0.2, -0.15) is 4.31 Å². The Morgan fingerprint density at radius 2 is 1.76 bits per heavy atom. The molecule has 1 N–H and O–H groups in total. The predicted molar refractivity (Wildman–Crippen MR) is 119 cm³/mol. The summed E-state index contributed by atoms with van der Waals surface area (Å²) in [5.74, 6) is -0.843. The van der Waals surface area contributed by atoms with Crippen molar-refractivity contribution < 1.29 is 37.0 Å². The van der Waals surface area contributed by atoms with Crippen LogP contribution in [0.2, 0.25) is 0 Å². The molecule has 0 bridgehead atoms. The Hall–Kier alpha value is -3.15. The van der Waals surface area contributed by atoms with Crippen molar-refractivity contribution in [2.24, 2.45) is 0 Å². The lowest BCUT2D eigenvalue weighted by Crippen LogP contribution is -2.40. The van der Waals surface area contributed by atoms with Gasteiger partial charge in [-0.1, -0.05) is 12.1 Å². The fourth-order valence-electron chi connectivity index (χ4n) is 3.24. The second-order valence-electron chi connectivity index (χ2n) is 7.12. The van der Waals surface area contributed by atoms with Gasteiger partial charge >= 0.3 is 5.97 Å². The quantitative estimate of drug-likeness (QED) is 0.572. The molecule has 2 aromatic rings. The predicted octanol–water partition coefficient (Wildman–Crippen LogP) is 1.91. The van der Waals surface area contributed by atoms with Crippen molar-refractivity contribution in [1.82, 2.24) is 4.31 Å². The van der Waals surface area contributed by atoms with Gasteiger partial charge < -0.3 is 24.3 Å². The normalized spacial score (nSPS) is 15.4. The summed E-state index contributed by atoms with van der Waals surface area (Å²) in [6.07, 6.45) is -1.16. The molecule has 1 aliphatic heterocycles. The van der Waals surface area contributed by atoms with Gasteiger partial charge in [0.1, 0.15) is 5.56 Å². The number of para-hydroxylation sites is 1. The van der Waals surface area contributed by atoms with Crippen LogP contribution in [0.1, 0.15) is 17.3 Å². The second kappa shape index (κ2) is 10.6. The van der Waals surface area contributed by atoms with Crippen molar-refractivity contribution in [2.45, 2.75) is 17.9 Å². The number of nitrogens with one attached hydrogen (secondary N) is 1. The smallest absolute Gasteiger partial charge is 0.342 e. The Balaban J connectivity index is 1.69. The molecule has 1 fully saturated rings. The molecule has 0 spiro atoms. The molecule has 1 aliphatic rings.